The number of aryl methyl sites for hydroxylation is 2. The Balaban J connectivity index is 2.36. The van der Waals surface area contributed by atoms with E-state index in [0.29, 0.717) is 35.2 Å². The number of carbonyl (C=O) groups is 1. The van der Waals surface area contributed by atoms with E-state index in [2.05, 4.69) is 13.0 Å². The van der Waals surface area contributed by atoms with E-state index in [0.717, 1.165) is 36.7 Å². The van der Waals surface area contributed by atoms with E-state index in [-0.39, 0.29) is 0 Å². The molecular weight excluding hydrogens is 316 g/mol. The van der Waals surface area contributed by atoms with Crippen molar-refractivity contribution in [3.05, 3.63) is 47.0 Å². The average molecular weight is 342 g/mol. The molecular formula is C21H26O4. The van der Waals surface area contributed by atoms with Gasteiger partial charge in [0.05, 0.1) is 13.7 Å². The number of methoxy groups -OCH3 is 1. The van der Waals surface area contributed by atoms with Crippen molar-refractivity contribution in [1.29, 1.82) is 0 Å². The van der Waals surface area contributed by atoms with Crippen LogP contribution in [0.3, 0.4) is 0 Å². The quantitative estimate of drug-likeness (QED) is 0.447. The Hall–Kier alpha value is -2.49. The molecule has 4 heteroatoms. The lowest BCUT2D eigenvalue weighted by atomic mass is 10.1. The number of hydrogen-bond donors (Lipinski definition) is 0. The smallest absolute Gasteiger partial charge is 0.204 e. The Morgan fingerprint density at radius 2 is 1.64 bits per heavy atom. The fourth-order valence-corrected chi connectivity index (χ4v) is 2.68. The highest BCUT2D eigenvalue weighted by atomic mass is 16.5. The van der Waals surface area contributed by atoms with Gasteiger partial charge >= 0.3 is 0 Å². The molecule has 0 aliphatic heterocycles. The Kier molecular flexibility index (Phi) is 6.87. The zero-order valence-corrected chi connectivity index (χ0v) is 15.4. The van der Waals surface area contributed by atoms with E-state index in [1.54, 1.807) is 19.2 Å². The molecule has 0 bridgehead atoms. The molecule has 0 aliphatic carbocycles. The fraction of sp³-hybridized carbons (Fsp3) is 0.381. The van der Waals surface area contributed by atoms with E-state index in [1.807, 2.05) is 26.0 Å². The first-order valence-electron chi connectivity index (χ1n) is 8.63. The predicted molar refractivity (Wildman–Crippen MR) is 99.4 cm³/mol. The van der Waals surface area contributed by atoms with Crippen LogP contribution in [-0.2, 0) is 0 Å². The van der Waals surface area contributed by atoms with E-state index < -0.39 is 0 Å². The van der Waals surface area contributed by atoms with E-state index in [4.69, 9.17) is 14.2 Å². The van der Waals surface area contributed by atoms with Crippen molar-refractivity contribution >= 4 is 6.29 Å². The summed E-state index contributed by atoms with van der Waals surface area (Å²) in [6.45, 7) is 6.76. The van der Waals surface area contributed by atoms with Crippen LogP contribution in [0, 0.1) is 13.8 Å². The van der Waals surface area contributed by atoms with Crippen LogP contribution in [0.25, 0.3) is 0 Å². The lowest BCUT2D eigenvalue weighted by Gasteiger charge is -2.17. The van der Waals surface area contributed by atoms with Gasteiger partial charge in [-0.15, -0.1) is 0 Å². The van der Waals surface area contributed by atoms with Crippen molar-refractivity contribution in [3.8, 4) is 23.0 Å². The van der Waals surface area contributed by atoms with Crippen LogP contribution in [0.4, 0.5) is 0 Å². The maximum absolute atomic E-state index is 11.2. The largest absolute Gasteiger partial charge is 0.493 e. The lowest BCUT2D eigenvalue weighted by Crippen LogP contribution is -2.02. The molecule has 2 aromatic carbocycles. The normalized spacial score (nSPS) is 10.4. The molecule has 134 valence electrons. The van der Waals surface area contributed by atoms with Crippen LogP contribution in [0.1, 0.15) is 47.7 Å². The molecule has 0 unspecified atom stereocenters. The molecule has 0 saturated carbocycles. The summed E-state index contributed by atoms with van der Waals surface area (Å²) in [7, 11) is 1.56. The molecule has 0 amide bonds. The van der Waals surface area contributed by atoms with Gasteiger partial charge in [0.25, 0.3) is 0 Å². The Morgan fingerprint density at radius 1 is 0.960 bits per heavy atom. The molecule has 0 atom stereocenters. The SMILES string of the molecule is CCCCCOc1c(OC)cc(C=O)cc1Oc1cc(C)cc(C)c1. The first-order valence-corrected chi connectivity index (χ1v) is 8.63. The standard InChI is InChI=1S/C21H26O4/c1-5-6-7-8-24-21-19(23-4)12-17(14-22)13-20(21)25-18-10-15(2)9-16(3)11-18/h9-14H,5-8H2,1-4H3. The molecule has 2 rings (SSSR count). The molecule has 0 radical (unpaired) electrons. The summed E-state index contributed by atoms with van der Waals surface area (Å²) >= 11 is 0. The summed E-state index contributed by atoms with van der Waals surface area (Å²) in [5.74, 6) is 2.23. The summed E-state index contributed by atoms with van der Waals surface area (Å²) < 4.78 is 17.4. The molecule has 25 heavy (non-hydrogen) atoms. The van der Waals surface area contributed by atoms with Crippen LogP contribution in [0.2, 0.25) is 0 Å². The fourth-order valence-electron chi connectivity index (χ4n) is 2.68. The second-order valence-corrected chi connectivity index (χ2v) is 6.15. The van der Waals surface area contributed by atoms with Gasteiger partial charge in [-0.3, -0.25) is 4.79 Å². The monoisotopic (exact) mass is 342 g/mol. The summed E-state index contributed by atoms with van der Waals surface area (Å²) in [6.07, 6.45) is 3.95. The predicted octanol–water partition coefficient (Wildman–Crippen LogP) is 5.49. The molecule has 0 N–H and O–H groups in total. The highest BCUT2D eigenvalue weighted by molar-refractivity contribution is 5.78. The van der Waals surface area contributed by atoms with Crippen molar-refractivity contribution < 1.29 is 19.0 Å². The van der Waals surface area contributed by atoms with Crippen LogP contribution < -0.4 is 14.2 Å². The second kappa shape index (κ2) is 9.11. The van der Waals surface area contributed by atoms with E-state index >= 15 is 0 Å². The van der Waals surface area contributed by atoms with Crippen LogP contribution >= 0.6 is 0 Å². The van der Waals surface area contributed by atoms with Crippen LogP contribution in [-0.4, -0.2) is 20.0 Å². The minimum atomic E-state index is 0.483. The number of carbonyl (C=O) groups excluding carboxylic acids is 1. The highest BCUT2D eigenvalue weighted by Gasteiger charge is 2.16. The molecule has 0 fully saturated rings. The third-order valence-electron chi connectivity index (χ3n) is 3.82. The second-order valence-electron chi connectivity index (χ2n) is 6.15. The first-order chi connectivity index (χ1) is 12.1. The molecule has 0 spiro atoms. The van der Waals surface area contributed by atoms with Gasteiger partial charge < -0.3 is 14.2 Å². The van der Waals surface area contributed by atoms with Crippen molar-refractivity contribution in [2.24, 2.45) is 0 Å². The molecule has 0 heterocycles. The van der Waals surface area contributed by atoms with Gasteiger partial charge in [0, 0.05) is 5.56 Å². The average Bonchev–Trinajstić information content (AvgIpc) is 2.58. The summed E-state index contributed by atoms with van der Waals surface area (Å²) in [6, 6.07) is 9.33. The van der Waals surface area contributed by atoms with Crippen LogP contribution in [0.15, 0.2) is 30.3 Å². The summed E-state index contributed by atoms with van der Waals surface area (Å²) in [5.41, 5.74) is 2.70. The van der Waals surface area contributed by atoms with Crippen molar-refractivity contribution in [2.75, 3.05) is 13.7 Å². The zero-order valence-electron chi connectivity index (χ0n) is 15.4. The number of hydrogen-bond acceptors (Lipinski definition) is 4. The first kappa shape index (κ1) is 18.8. The van der Waals surface area contributed by atoms with Gasteiger partial charge in [0.2, 0.25) is 5.75 Å². The molecule has 0 aromatic heterocycles. The summed E-state index contributed by atoms with van der Waals surface area (Å²) in [5, 5.41) is 0. The lowest BCUT2D eigenvalue weighted by molar-refractivity contribution is 0.112. The number of unbranched alkanes of at least 4 members (excludes halogenated alkanes) is 2. The number of aldehydes is 1. The van der Waals surface area contributed by atoms with Gasteiger partial charge in [0.15, 0.2) is 11.5 Å². The topological polar surface area (TPSA) is 44.8 Å². The van der Waals surface area contributed by atoms with E-state index in [1.165, 1.54) is 0 Å². The Labute approximate surface area is 149 Å². The highest BCUT2D eigenvalue weighted by Crippen LogP contribution is 2.41. The van der Waals surface area contributed by atoms with Gasteiger partial charge in [-0.2, -0.15) is 0 Å². The number of benzene rings is 2. The zero-order chi connectivity index (χ0) is 18.2. The maximum atomic E-state index is 11.2. The Morgan fingerprint density at radius 3 is 2.24 bits per heavy atom. The third kappa shape index (κ3) is 5.24. The number of ether oxygens (including phenoxy) is 3. The molecule has 2 aromatic rings. The van der Waals surface area contributed by atoms with Crippen molar-refractivity contribution in [3.63, 3.8) is 0 Å². The van der Waals surface area contributed by atoms with Gasteiger partial charge in [0.1, 0.15) is 12.0 Å². The minimum Gasteiger partial charge on any atom is -0.493 e. The van der Waals surface area contributed by atoms with Crippen LogP contribution in [0.5, 0.6) is 23.0 Å². The van der Waals surface area contributed by atoms with Gasteiger partial charge in [-0.05, 0) is 55.7 Å². The minimum absolute atomic E-state index is 0.483. The van der Waals surface area contributed by atoms with E-state index in [9.17, 15) is 4.79 Å². The number of rotatable bonds is 9. The van der Waals surface area contributed by atoms with Crippen molar-refractivity contribution in [1.82, 2.24) is 0 Å². The summed E-state index contributed by atoms with van der Waals surface area (Å²) in [4.78, 5) is 11.2. The van der Waals surface area contributed by atoms with Gasteiger partial charge in [-0.1, -0.05) is 25.8 Å². The molecule has 0 saturated heterocycles. The molecule has 4 nitrogen and oxygen atoms in total. The third-order valence-corrected chi connectivity index (χ3v) is 3.82. The van der Waals surface area contributed by atoms with Crippen molar-refractivity contribution in [2.45, 2.75) is 40.0 Å². The van der Waals surface area contributed by atoms with Gasteiger partial charge in [-0.25, -0.2) is 0 Å². The molecule has 0 aliphatic rings. The Bertz CT molecular complexity index is 702. The maximum Gasteiger partial charge on any atom is 0.204 e.